The van der Waals surface area contributed by atoms with Gasteiger partial charge in [0.15, 0.2) is 0 Å². The zero-order valence-corrected chi connectivity index (χ0v) is 17.3. The normalized spacial score (nSPS) is 11.2. The van der Waals surface area contributed by atoms with Crippen LogP contribution < -0.4 is 10.1 Å². The van der Waals surface area contributed by atoms with Crippen LogP contribution in [0.5, 0.6) is 11.6 Å². The average Bonchev–Trinajstić information content (AvgIpc) is 2.65. The number of pyridine rings is 1. The number of carbonyl (C=O) groups excluding carboxylic acids is 1. The van der Waals surface area contributed by atoms with Gasteiger partial charge < -0.3 is 10.1 Å². The van der Waals surface area contributed by atoms with Crippen LogP contribution in [-0.4, -0.2) is 10.9 Å². The summed E-state index contributed by atoms with van der Waals surface area (Å²) in [5.41, 5.74) is 2.28. The molecule has 144 valence electrons. The standard InChI is InChI=1S/C22H20Cl2N2O2/c1-22(2,3)15-5-8-17(9-6-15)28-20-11-7-16(13-25-20)26-21(27)14-4-10-18(23)19(24)12-14/h4-13H,1-3H3,(H,26,27). The molecule has 1 aromatic heterocycles. The summed E-state index contributed by atoms with van der Waals surface area (Å²) in [7, 11) is 0. The lowest BCUT2D eigenvalue weighted by Crippen LogP contribution is -2.12. The highest BCUT2D eigenvalue weighted by Gasteiger charge is 2.13. The average molecular weight is 415 g/mol. The van der Waals surface area contributed by atoms with Crippen molar-refractivity contribution in [2.24, 2.45) is 0 Å². The zero-order chi connectivity index (χ0) is 20.3. The number of aromatic nitrogens is 1. The number of carbonyl (C=O) groups is 1. The van der Waals surface area contributed by atoms with Gasteiger partial charge in [0.1, 0.15) is 5.75 Å². The number of hydrogen-bond donors (Lipinski definition) is 1. The van der Waals surface area contributed by atoms with Crippen molar-refractivity contribution in [1.82, 2.24) is 4.98 Å². The number of halogens is 2. The number of ether oxygens (including phenoxy) is 1. The summed E-state index contributed by atoms with van der Waals surface area (Å²) in [6, 6.07) is 16.1. The van der Waals surface area contributed by atoms with Crippen molar-refractivity contribution in [2.75, 3.05) is 5.32 Å². The number of rotatable bonds is 4. The van der Waals surface area contributed by atoms with E-state index in [9.17, 15) is 4.79 Å². The van der Waals surface area contributed by atoms with E-state index in [0.717, 1.165) is 0 Å². The molecule has 3 aromatic rings. The Morgan fingerprint density at radius 3 is 2.25 bits per heavy atom. The Balaban J connectivity index is 1.64. The first-order valence-corrected chi connectivity index (χ1v) is 9.49. The first kappa shape index (κ1) is 20.2. The Kier molecular flexibility index (Phi) is 5.92. The summed E-state index contributed by atoms with van der Waals surface area (Å²) in [4.78, 5) is 16.5. The third-order valence-electron chi connectivity index (χ3n) is 4.12. The predicted octanol–water partition coefficient (Wildman–Crippen LogP) is 6.73. The molecule has 0 aliphatic heterocycles. The molecular formula is C22H20Cl2N2O2. The monoisotopic (exact) mass is 414 g/mol. The number of benzene rings is 2. The highest BCUT2D eigenvalue weighted by molar-refractivity contribution is 6.42. The van der Waals surface area contributed by atoms with E-state index in [1.165, 1.54) is 17.8 Å². The minimum Gasteiger partial charge on any atom is -0.439 e. The molecular weight excluding hydrogens is 395 g/mol. The summed E-state index contributed by atoms with van der Waals surface area (Å²) in [5.74, 6) is 0.843. The first-order chi connectivity index (χ1) is 13.2. The lowest BCUT2D eigenvalue weighted by molar-refractivity contribution is 0.102. The molecule has 4 nitrogen and oxygen atoms in total. The third kappa shape index (κ3) is 5.03. The van der Waals surface area contributed by atoms with E-state index in [0.29, 0.717) is 32.9 Å². The van der Waals surface area contributed by atoms with E-state index in [1.54, 1.807) is 24.3 Å². The summed E-state index contributed by atoms with van der Waals surface area (Å²) < 4.78 is 5.76. The molecule has 0 aliphatic rings. The molecule has 1 amide bonds. The van der Waals surface area contributed by atoms with Crippen molar-refractivity contribution in [3.05, 3.63) is 82.0 Å². The number of hydrogen-bond acceptors (Lipinski definition) is 3. The quantitative estimate of drug-likeness (QED) is 0.514. The second kappa shape index (κ2) is 8.21. The maximum atomic E-state index is 12.3. The second-order valence-corrected chi connectivity index (χ2v) is 8.16. The molecule has 0 fully saturated rings. The van der Waals surface area contributed by atoms with Gasteiger partial charge in [0.25, 0.3) is 5.91 Å². The maximum Gasteiger partial charge on any atom is 0.255 e. The van der Waals surface area contributed by atoms with Gasteiger partial charge in [0, 0.05) is 11.6 Å². The van der Waals surface area contributed by atoms with Crippen LogP contribution >= 0.6 is 23.2 Å². The van der Waals surface area contributed by atoms with Gasteiger partial charge in [-0.15, -0.1) is 0 Å². The summed E-state index contributed by atoms with van der Waals surface area (Å²) >= 11 is 11.8. The Morgan fingerprint density at radius 2 is 1.68 bits per heavy atom. The Hall–Kier alpha value is -2.56. The molecule has 0 atom stereocenters. The van der Waals surface area contributed by atoms with Crippen molar-refractivity contribution in [3.63, 3.8) is 0 Å². The topological polar surface area (TPSA) is 51.2 Å². The molecule has 0 saturated carbocycles. The van der Waals surface area contributed by atoms with E-state index in [2.05, 4.69) is 31.1 Å². The highest BCUT2D eigenvalue weighted by Crippen LogP contribution is 2.27. The predicted molar refractivity (Wildman–Crippen MR) is 114 cm³/mol. The van der Waals surface area contributed by atoms with Gasteiger partial charge in [-0.25, -0.2) is 4.98 Å². The van der Waals surface area contributed by atoms with E-state index in [1.807, 2.05) is 24.3 Å². The van der Waals surface area contributed by atoms with Gasteiger partial charge in [-0.3, -0.25) is 4.79 Å². The fraction of sp³-hybridized carbons (Fsp3) is 0.182. The van der Waals surface area contributed by atoms with Crippen molar-refractivity contribution in [1.29, 1.82) is 0 Å². The molecule has 6 heteroatoms. The molecule has 0 radical (unpaired) electrons. The molecule has 0 aliphatic carbocycles. The molecule has 0 saturated heterocycles. The van der Waals surface area contributed by atoms with Gasteiger partial charge in [0.05, 0.1) is 21.9 Å². The largest absolute Gasteiger partial charge is 0.439 e. The first-order valence-electron chi connectivity index (χ1n) is 8.73. The van der Waals surface area contributed by atoms with Crippen LogP contribution in [0.25, 0.3) is 0 Å². The van der Waals surface area contributed by atoms with E-state index >= 15 is 0 Å². The number of nitrogens with zero attached hydrogens (tertiary/aromatic N) is 1. The van der Waals surface area contributed by atoms with Crippen molar-refractivity contribution in [3.8, 4) is 11.6 Å². The van der Waals surface area contributed by atoms with Gasteiger partial charge in [-0.05, 0) is 47.4 Å². The maximum absolute atomic E-state index is 12.3. The minimum absolute atomic E-state index is 0.0882. The van der Waals surface area contributed by atoms with Gasteiger partial charge >= 0.3 is 0 Å². The molecule has 1 heterocycles. The summed E-state index contributed by atoms with van der Waals surface area (Å²) in [6.07, 6.45) is 1.54. The van der Waals surface area contributed by atoms with Gasteiger partial charge in [-0.1, -0.05) is 56.1 Å². The van der Waals surface area contributed by atoms with E-state index in [4.69, 9.17) is 27.9 Å². The molecule has 0 unspecified atom stereocenters. The summed E-state index contributed by atoms with van der Waals surface area (Å²) in [5, 5.41) is 3.49. The number of anilines is 1. The lowest BCUT2D eigenvalue weighted by atomic mass is 9.87. The van der Waals surface area contributed by atoms with Crippen LogP contribution in [0.1, 0.15) is 36.7 Å². The SMILES string of the molecule is CC(C)(C)c1ccc(Oc2ccc(NC(=O)c3ccc(Cl)c(Cl)c3)cn2)cc1. The Morgan fingerprint density at radius 1 is 0.964 bits per heavy atom. The van der Waals surface area contributed by atoms with Crippen molar-refractivity contribution >= 4 is 34.8 Å². The van der Waals surface area contributed by atoms with Crippen molar-refractivity contribution in [2.45, 2.75) is 26.2 Å². The Bertz CT molecular complexity index is 979. The molecule has 0 bridgehead atoms. The molecule has 0 spiro atoms. The summed E-state index contributed by atoms with van der Waals surface area (Å²) in [6.45, 7) is 6.49. The third-order valence-corrected chi connectivity index (χ3v) is 4.86. The number of amides is 1. The van der Waals surface area contributed by atoms with Gasteiger partial charge in [-0.2, -0.15) is 0 Å². The molecule has 2 aromatic carbocycles. The smallest absolute Gasteiger partial charge is 0.255 e. The minimum atomic E-state index is -0.299. The van der Waals surface area contributed by atoms with Crippen molar-refractivity contribution < 1.29 is 9.53 Å². The lowest BCUT2D eigenvalue weighted by Gasteiger charge is -2.19. The van der Waals surface area contributed by atoms with E-state index < -0.39 is 0 Å². The van der Waals surface area contributed by atoms with Crippen LogP contribution in [0.2, 0.25) is 10.0 Å². The highest BCUT2D eigenvalue weighted by atomic mass is 35.5. The molecule has 1 N–H and O–H groups in total. The van der Waals surface area contributed by atoms with E-state index in [-0.39, 0.29) is 11.3 Å². The fourth-order valence-electron chi connectivity index (χ4n) is 2.50. The molecule has 3 rings (SSSR count). The van der Waals surface area contributed by atoms with Crippen LogP contribution in [0.4, 0.5) is 5.69 Å². The van der Waals surface area contributed by atoms with Crippen LogP contribution in [-0.2, 0) is 5.41 Å². The second-order valence-electron chi connectivity index (χ2n) is 7.34. The van der Waals surface area contributed by atoms with Crippen LogP contribution in [0.3, 0.4) is 0 Å². The Labute approximate surface area is 174 Å². The van der Waals surface area contributed by atoms with Crippen LogP contribution in [0, 0.1) is 0 Å². The molecule has 28 heavy (non-hydrogen) atoms. The fourth-order valence-corrected chi connectivity index (χ4v) is 2.80. The van der Waals surface area contributed by atoms with Gasteiger partial charge in [0.2, 0.25) is 5.88 Å². The number of nitrogens with one attached hydrogen (secondary N) is 1. The van der Waals surface area contributed by atoms with Crippen LogP contribution in [0.15, 0.2) is 60.8 Å². The zero-order valence-electron chi connectivity index (χ0n) is 15.8.